The maximum absolute atomic E-state index is 12.5. The van der Waals surface area contributed by atoms with Crippen molar-refractivity contribution in [2.24, 2.45) is 0 Å². The fraction of sp³-hybridized carbons (Fsp3) is 0.375. The minimum absolute atomic E-state index is 0.308. The molecule has 36 heavy (non-hydrogen) atoms. The number of benzene rings is 1. The highest BCUT2D eigenvalue weighted by molar-refractivity contribution is 7.88. The van der Waals surface area contributed by atoms with Crippen LogP contribution in [-0.4, -0.2) is 78.3 Å². The van der Waals surface area contributed by atoms with Gasteiger partial charge < -0.3 is 20.3 Å². The van der Waals surface area contributed by atoms with E-state index in [1.54, 1.807) is 17.6 Å². The van der Waals surface area contributed by atoms with Crippen molar-refractivity contribution in [3.8, 4) is 6.07 Å². The molecule has 0 radical (unpaired) electrons. The molecule has 2 aromatic heterocycles. The number of nitrogens with zero attached hydrogens (tertiary/aromatic N) is 4. The maximum Gasteiger partial charge on any atom is 0.280 e. The van der Waals surface area contributed by atoms with Crippen molar-refractivity contribution in [2.75, 3.05) is 37.3 Å². The van der Waals surface area contributed by atoms with Crippen LogP contribution >= 0.6 is 11.3 Å². The molecule has 2 atom stereocenters. The molecule has 1 fully saturated rings. The number of thiazole rings is 1. The number of anilines is 1. The highest BCUT2D eigenvalue weighted by Gasteiger charge is 2.31. The first-order valence-corrected chi connectivity index (χ1v) is 14.3. The second kappa shape index (κ2) is 9.67. The van der Waals surface area contributed by atoms with E-state index in [2.05, 4.69) is 26.3 Å². The van der Waals surface area contributed by atoms with Gasteiger partial charge in [-0.25, -0.2) is 13.4 Å². The second-order valence-electron chi connectivity index (χ2n) is 9.04. The van der Waals surface area contributed by atoms with E-state index < -0.39 is 22.2 Å². The lowest BCUT2D eigenvalue weighted by atomic mass is 10.00. The lowest BCUT2D eigenvalue weighted by Crippen LogP contribution is -2.55. The van der Waals surface area contributed by atoms with Crippen molar-refractivity contribution in [3.63, 3.8) is 0 Å². The number of carbonyl (C=O) groups is 1. The third kappa shape index (κ3) is 4.75. The van der Waals surface area contributed by atoms with Crippen LogP contribution in [0.4, 0.5) is 5.69 Å². The summed E-state index contributed by atoms with van der Waals surface area (Å²) in [7, 11) is -3.25. The molecule has 10 nitrogen and oxygen atoms in total. The first-order chi connectivity index (χ1) is 17.2. The predicted molar refractivity (Wildman–Crippen MR) is 138 cm³/mol. The van der Waals surface area contributed by atoms with Gasteiger partial charge in [-0.2, -0.15) is 9.57 Å². The molecule has 2 aliphatic rings. The summed E-state index contributed by atoms with van der Waals surface area (Å²) in [6, 6.07) is 7.44. The van der Waals surface area contributed by atoms with Crippen LogP contribution in [0.3, 0.4) is 0 Å². The molecule has 3 N–H and O–H groups in total. The number of hydrogen-bond acceptors (Lipinski definition) is 8. The number of nitrogens with one attached hydrogen (secondary N) is 2. The van der Waals surface area contributed by atoms with Gasteiger partial charge >= 0.3 is 0 Å². The molecule has 1 aromatic carbocycles. The van der Waals surface area contributed by atoms with Crippen LogP contribution in [0, 0.1) is 11.3 Å². The summed E-state index contributed by atoms with van der Waals surface area (Å²) in [5.41, 5.74) is 3.99. The zero-order chi connectivity index (χ0) is 25.4. The standard InChI is InChI=1S/C24H26N6O4S2/c1-36(33,34)30-9-4-15(5-10-30)18-12-17-20(3-2-16(13-25)22(17)27-18)29-8-6-21(31)19(14-29)28-23(32)24-26-7-11-35-24/h2-4,7,11-12,19,21,27,31H,5-6,8-10,14H2,1H3,(H,28,32). The fourth-order valence-electron chi connectivity index (χ4n) is 4.81. The summed E-state index contributed by atoms with van der Waals surface area (Å²) in [4.78, 5) is 22.1. The van der Waals surface area contributed by atoms with Crippen LogP contribution in [-0.2, 0) is 10.0 Å². The highest BCUT2D eigenvalue weighted by Crippen LogP contribution is 2.35. The zero-order valence-electron chi connectivity index (χ0n) is 19.6. The third-order valence-corrected chi connectivity index (χ3v) is 8.78. The van der Waals surface area contributed by atoms with Gasteiger partial charge in [-0.3, -0.25) is 4.79 Å². The number of hydrogen-bond donors (Lipinski definition) is 3. The van der Waals surface area contributed by atoms with Gasteiger partial charge in [-0.05, 0) is 36.6 Å². The van der Waals surface area contributed by atoms with E-state index in [9.17, 15) is 23.6 Å². The number of H-pyrrole nitrogens is 1. The SMILES string of the molecule is CS(=O)(=O)N1CC=C(c2cc3c(N4CCC(O)C(NC(=O)c5nccs5)C4)ccc(C#N)c3[nH]2)CC1. The molecule has 4 heterocycles. The van der Waals surface area contributed by atoms with Gasteiger partial charge in [-0.15, -0.1) is 11.3 Å². The number of carbonyl (C=O) groups excluding carboxylic acids is 1. The van der Waals surface area contributed by atoms with Crippen molar-refractivity contribution < 1.29 is 18.3 Å². The number of sulfonamides is 1. The number of amides is 1. The van der Waals surface area contributed by atoms with Crippen molar-refractivity contribution in [3.05, 3.63) is 52.1 Å². The second-order valence-corrected chi connectivity index (χ2v) is 11.9. The Kier molecular flexibility index (Phi) is 6.57. The molecule has 0 aliphatic carbocycles. The van der Waals surface area contributed by atoms with E-state index in [0.29, 0.717) is 55.1 Å². The van der Waals surface area contributed by atoms with Crippen LogP contribution in [0.5, 0.6) is 0 Å². The molecule has 5 rings (SSSR count). The van der Waals surface area contributed by atoms with Crippen LogP contribution in [0.15, 0.2) is 35.9 Å². The maximum atomic E-state index is 12.5. The Hall–Kier alpha value is -3.24. The quantitative estimate of drug-likeness (QED) is 0.461. The number of nitriles is 1. The number of aromatic amines is 1. The van der Waals surface area contributed by atoms with Gasteiger partial charge in [-0.1, -0.05) is 6.08 Å². The summed E-state index contributed by atoms with van der Waals surface area (Å²) >= 11 is 1.25. The number of fused-ring (bicyclic) bond motifs is 1. The molecule has 12 heteroatoms. The van der Waals surface area contributed by atoms with Gasteiger partial charge in [0.2, 0.25) is 10.0 Å². The molecule has 2 aliphatic heterocycles. The number of aromatic nitrogens is 2. The van der Waals surface area contributed by atoms with E-state index in [1.807, 2.05) is 18.2 Å². The minimum atomic E-state index is -3.25. The molecule has 0 spiro atoms. The molecule has 0 bridgehead atoms. The van der Waals surface area contributed by atoms with E-state index >= 15 is 0 Å². The Morgan fingerprint density at radius 3 is 2.86 bits per heavy atom. The molecule has 1 amide bonds. The smallest absolute Gasteiger partial charge is 0.280 e. The molecule has 1 saturated heterocycles. The topological polar surface area (TPSA) is 142 Å². The van der Waals surface area contributed by atoms with Crippen LogP contribution in [0.25, 0.3) is 16.5 Å². The van der Waals surface area contributed by atoms with E-state index in [1.165, 1.54) is 21.9 Å². The molecular weight excluding hydrogens is 500 g/mol. The summed E-state index contributed by atoms with van der Waals surface area (Å²) in [6.45, 7) is 1.72. The van der Waals surface area contributed by atoms with E-state index in [0.717, 1.165) is 22.3 Å². The number of aliphatic hydroxyl groups is 1. The molecule has 3 aromatic rings. The Bertz CT molecular complexity index is 1470. The lowest BCUT2D eigenvalue weighted by Gasteiger charge is -2.38. The average Bonchev–Trinajstić information content (AvgIpc) is 3.55. The van der Waals surface area contributed by atoms with Crippen LogP contribution in [0.1, 0.15) is 33.9 Å². The van der Waals surface area contributed by atoms with Crippen molar-refractivity contribution in [1.29, 1.82) is 5.26 Å². The Morgan fingerprint density at radius 1 is 1.36 bits per heavy atom. The zero-order valence-corrected chi connectivity index (χ0v) is 21.3. The summed E-state index contributed by atoms with van der Waals surface area (Å²) in [5.74, 6) is -0.308. The molecule has 2 unspecified atom stereocenters. The Labute approximate surface area is 212 Å². The molecule has 188 valence electrons. The largest absolute Gasteiger partial charge is 0.391 e. The third-order valence-electron chi connectivity index (χ3n) is 6.74. The van der Waals surface area contributed by atoms with Gasteiger partial charge in [0.05, 0.1) is 29.5 Å². The fourth-order valence-corrected chi connectivity index (χ4v) is 6.12. The van der Waals surface area contributed by atoms with Crippen molar-refractivity contribution >= 4 is 49.4 Å². The summed E-state index contributed by atoms with van der Waals surface area (Å²) in [5, 5.41) is 26.1. The Morgan fingerprint density at radius 2 is 2.19 bits per heavy atom. The minimum Gasteiger partial charge on any atom is -0.391 e. The number of aliphatic hydroxyl groups excluding tert-OH is 1. The van der Waals surface area contributed by atoms with Gasteiger partial charge in [0.15, 0.2) is 5.01 Å². The van der Waals surface area contributed by atoms with Crippen molar-refractivity contribution in [1.82, 2.24) is 19.6 Å². The van der Waals surface area contributed by atoms with E-state index in [-0.39, 0.29) is 5.91 Å². The Balaban J connectivity index is 1.43. The number of rotatable bonds is 5. The van der Waals surface area contributed by atoms with Crippen molar-refractivity contribution in [2.45, 2.75) is 25.0 Å². The highest BCUT2D eigenvalue weighted by atomic mass is 32.2. The monoisotopic (exact) mass is 526 g/mol. The summed E-state index contributed by atoms with van der Waals surface area (Å²) in [6.07, 6.45) is 5.06. The molecular formula is C24H26N6O4S2. The van der Waals surface area contributed by atoms with E-state index in [4.69, 9.17) is 0 Å². The van der Waals surface area contributed by atoms with Gasteiger partial charge in [0.1, 0.15) is 6.07 Å². The van der Waals surface area contributed by atoms with Gasteiger partial charge in [0.25, 0.3) is 5.91 Å². The molecule has 0 saturated carbocycles. The van der Waals surface area contributed by atoms with Gasteiger partial charge in [0, 0.05) is 54.5 Å². The lowest BCUT2D eigenvalue weighted by molar-refractivity contribution is 0.0786. The predicted octanol–water partition coefficient (Wildman–Crippen LogP) is 1.91. The van der Waals surface area contributed by atoms with Crippen LogP contribution < -0.4 is 10.2 Å². The average molecular weight is 527 g/mol. The van der Waals surface area contributed by atoms with Crippen LogP contribution in [0.2, 0.25) is 0 Å². The first-order valence-electron chi connectivity index (χ1n) is 11.6. The first kappa shape index (κ1) is 24.5. The normalized spacial score (nSPS) is 21.2. The summed E-state index contributed by atoms with van der Waals surface area (Å²) < 4.78 is 25.1. The number of piperidine rings is 1.